The first-order valence-corrected chi connectivity index (χ1v) is 8.61. The standard InChI is InChI=1S/C20H20ClFN2O/c1-12(2)18-10-15(20(7-4-8-20)24-13(3)25)11-19(23-18)14-5-6-17(22)16(21)9-14/h5-6,9-11H,1,4,7-8H2,2-3H3,(H,24,25). The lowest BCUT2D eigenvalue weighted by Crippen LogP contribution is -2.50. The molecule has 1 N–H and O–H groups in total. The molecule has 3 nitrogen and oxygen atoms in total. The molecule has 0 spiro atoms. The number of hydrogen-bond acceptors (Lipinski definition) is 2. The van der Waals surface area contributed by atoms with E-state index in [1.54, 1.807) is 12.1 Å². The summed E-state index contributed by atoms with van der Waals surface area (Å²) in [7, 11) is 0. The molecule has 1 aromatic carbocycles. The predicted molar refractivity (Wildman–Crippen MR) is 98.7 cm³/mol. The summed E-state index contributed by atoms with van der Waals surface area (Å²) >= 11 is 5.93. The highest BCUT2D eigenvalue weighted by molar-refractivity contribution is 6.31. The van der Waals surface area contributed by atoms with Crippen molar-refractivity contribution in [2.75, 3.05) is 0 Å². The van der Waals surface area contributed by atoms with Gasteiger partial charge >= 0.3 is 0 Å². The van der Waals surface area contributed by atoms with Crippen LogP contribution in [0.15, 0.2) is 36.9 Å². The molecular weight excluding hydrogens is 339 g/mol. The van der Waals surface area contributed by atoms with Crippen molar-refractivity contribution >= 4 is 23.1 Å². The summed E-state index contributed by atoms with van der Waals surface area (Å²) < 4.78 is 13.5. The van der Waals surface area contributed by atoms with Gasteiger partial charge in [-0.1, -0.05) is 18.2 Å². The van der Waals surface area contributed by atoms with Gasteiger partial charge in [0.2, 0.25) is 5.91 Å². The molecule has 0 radical (unpaired) electrons. The summed E-state index contributed by atoms with van der Waals surface area (Å²) in [6, 6.07) is 8.48. The molecule has 1 fully saturated rings. The van der Waals surface area contributed by atoms with Gasteiger partial charge in [0.05, 0.1) is 21.9 Å². The van der Waals surface area contributed by atoms with Gasteiger partial charge in [-0.3, -0.25) is 4.79 Å². The fourth-order valence-corrected chi connectivity index (χ4v) is 3.36. The first-order valence-electron chi connectivity index (χ1n) is 8.23. The van der Waals surface area contributed by atoms with Gasteiger partial charge in [0.15, 0.2) is 0 Å². The van der Waals surface area contributed by atoms with Crippen LogP contribution in [0.25, 0.3) is 16.8 Å². The normalized spacial score (nSPS) is 15.4. The average Bonchev–Trinajstić information content (AvgIpc) is 2.52. The summed E-state index contributed by atoms with van der Waals surface area (Å²) in [6.07, 6.45) is 2.83. The second-order valence-corrected chi connectivity index (χ2v) is 7.06. The predicted octanol–water partition coefficient (Wildman–Crippen LogP) is 5.09. The first kappa shape index (κ1) is 17.6. The Hall–Kier alpha value is -2.20. The van der Waals surface area contributed by atoms with Crippen molar-refractivity contribution in [1.29, 1.82) is 0 Å². The molecule has 1 aromatic heterocycles. The van der Waals surface area contributed by atoms with Crippen molar-refractivity contribution in [3.8, 4) is 11.3 Å². The van der Waals surface area contributed by atoms with Gasteiger partial charge in [0, 0.05) is 12.5 Å². The molecule has 5 heteroatoms. The zero-order chi connectivity index (χ0) is 18.2. The third-order valence-corrected chi connectivity index (χ3v) is 4.94. The summed E-state index contributed by atoms with van der Waals surface area (Å²) in [6.45, 7) is 7.40. The molecule has 3 rings (SSSR count). The Kier molecular flexibility index (Phi) is 4.65. The van der Waals surface area contributed by atoms with Crippen molar-refractivity contribution in [2.24, 2.45) is 0 Å². The van der Waals surface area contributed by atoms with E-state index in [4.69, 9.17) is 11.6 Å². The zero-order valence-corrected chi connectivity index (χ0v) is 15.1. The third-order valence-electron chi connectivity index (χ3n) is 4.65. The van der Waals surface area contributed by atoms with E-state index in [0.29, 0.717) is 5.69 Å². The van der Waals surface area contributed by atoms with Crippen LogP contribution in [0.1, 0.15) is 44.4 Å². The van der Waals surface area contributed by atoms with E-state index in [0.717, 1.165) is 41.7 Å². The maximum atomic E-state index is 13.5. The number of halogens is 2. The lowest BCUT2D eigenvalue weighted by Gasteiger charge is -2.43. The van der Waals surface area contributed by atoms with Crippen molar-refractivity contribution in [2.45, 2.75) is 38.6 Å². The molecule has 0 bridgehead atoms. The van der Waals surface area contributed by atoms with Crippen LogP contribution in [0.4, 0.5) is 4.39 Å². The minimum absolute atomic E-state index is 0.0558. The van der Waals surface area contributed by atoms with Crippen LogP contribution in [0.5, 0.6) is 0 Å². The first-order chi connectivity index (χ1) is 11.8. The van der Waals surface area contributed by atoms with Gasteiger partial charge in [-0.05, 0) is 67.7 Å². The Morgan fingerprint density at radius 2 is 2.00 bits per heavy atom. The molecule has 0 unspecified atom stereocenters. The van der Waals surface area contributed by atoms with E-state index >= 15 is 0 Å². The number of nitrogens with zero attached hydrogens (tertiary/aromatic N) is 1. The van der Waals surface area contributed by atoms with Crippen molar-refractivity contribution in [3.05, 3.63) is 59.0 Å². The fraction of sp³-hybridized carbons (Fsp3) is 0.300. The number of rotatable bonds is 4. The van der Waals surface area contributed by atoms with E-state index in [1.807, 2.05) is 19.1 Å². The number of amides is 1. The van der Waals surface area contributed by atoms with Gasteiger partial charge in [-0.15, -0.1) is 0 Å². The van der Waals surface area contributed by atoms with E-state index in [9.17, 15) is 9.18 Å². The molecule has 1 amide bonds. The Bertz CT molecular complexity index is 859. The Morgan fingerprint density at radius 1 is 1.28 bits per heavy atom. The number of nitrogens with one attached hydrogen (secondary N) is 1. The van der Waals surface area contributed by atoms with E-state index in [1.165, 1.54) is 13.0 Å². The molecule has 0 atom stereocenters. The quantitative estimate of drug-likeness (QED) is 0.827. The largest absolute Gasteiger partial charge is 0.347 e. The minimum Gasteiger partial charge on any atom is -0.347 e. The number of carbonyl (C=O) groups is 1. The van der Waals surface area contributed by atoms with Gasteiger partial charge in [0.1, 0.15) is 5.82 Å². The van der Waals surface area contributed by atoms with Crippen molar-refractivity contribution in [1.82, 2.24) is 10.3 Å². The van der Waals surface area contributed by atoms with Crippen LogP contribution < -0.4 is 5.32 Å². The van der Waals surface area contributed by atoms with Crippen molar-refractivity contribution in [3.63, 3.8) is 0 Å². The van der Waals surface area contributed by atoms with Crippen LogP contribution >= 0.6 is 11.6 Å². The Morgan fingerprint density at radius 3 is 2.52 bits per heavy atom. The number of benzene rings is 1. The highest BCUT2D eigenvalue weighted by Crippen LogP contribution is 2.42. The van der Waals surface area contributed by atoms with Gasteiger partial charge in [-0.2, -0.15) is 0 Å². The minimum atomic E-state index is -0.463. The van der Waals surface area contributed by atoms with Crippen LogP contribution in [0.2, 0.25) is 5.02 Å². The van der Waals surface area contributed by atoms with Crippen LogP contribution in [0, 0.1) is 5.82 Å². The van der Waals surface area contributed by atoms with E-state index in [-0.39, 0.29) is 16.5 Å². The summed E-state index contributed by atoms with van der Waals surface area (Å²) in [5, 5.41) is 3.15. The number of carbonyl (C=O) groups excluding carboxylic acids is 1. The summed E-state index contributed by atoms with van der Waals surface area (Å²) in [5.41, 5.74) is 3.63. The van der Waals surface area contributed by atoms with Gasteiger partial charge in [-0.25, -0.2) is 9.37 Å². The zero-order valence-electron chi connectivity index (χ0n) is 14.3. The van der Waals surface area contributed by atoms with E-state index < -0.39 is 5.82 Å². The topological polar surface area (TPSA) is 42.0 Å². The molecule has 1 heterocycles. The van der Waals surface area contributed by atoms with E-state index in [2.05, 4.69) is 16.9 Å². The number of hydrogen-bond donors (Lipinski definition) is 1. The van der Waals surface area contributed by atoms with Crippen molar-refractivity contribution < 1.29 is 9.18 Å². The molecule has 0 saturated heterocycles. The Labute approximate surface area is 151 Å². The Balaban J connectivity index is 2.13. The van der Waals surface area contributed by atoms with Crippen LogP contribution in [-0.4, -0.2) is 10.9 Å². The molecule has 0 aliphatic heterocycles. The van der Waals surface area contributed by atoms with Crippen LogP contribution in [0.3, 0.4) is 0 Å². The third kappa shape index (κ3) is 3.45. The molecule has 1 saturated carbocycles. The van der Waals surface area contributed by atoms with Crippen LogP contribution in [-0.2, 0) is 10.3 Å². The lowest BCUT2D eigenvalue weighted by molar-refractivity contribution is -0.122. The lowest BCUT2D eigenvalue weighted by atomic mass is 9.71. The second-order valence-electron chi connectivity index (χ2n) is 6.65. The number of aromatic nitrogens is 1. The maximum Gasteiger partial charge on any atom is 0.217 e. The highest BCUT2D eigenvalue weighted by Gasteiger charge is 2.40. The molecule has 130 valence electrons. The van der Waals surface area contributed by atoms with Gasteiger partial charge < -0.3 is 5.32 Å². The number of allylic oxidation sites excluding steroid dienone is 1. The van der Waals surface area contributed by atoms with Gasteiger partial charge in [0.25, 0.3) is 0 Å². The molecule has 2 aromatic rings. The molecule has 1 aliphatic rings. The second kappa shape index (κ2) is 6.60. The average molecular weight is 359 g/mol. The SMILES string of the molecule is C=C(C)c1cc(C2(NC(C)=O)CCC2)cc(-c2ccc(F)c(Cl)c2)n1. The fourth-order valence-electron chi connectivity index (χ4n) is 3.18. The highest BCUT2D eigenvalue weighted by atomic mass is 35.5. The molecule has 25 heavy (non-hydrogen) atoms. The maximum absolute atomic E-state index is 13.5. The summed E-state index contributed by atoms with van der Waals surface area (Å²) in [4.78, 5) is 16.3. The monoisotopic (exact) mass is 358 g/mol. The smallest absolute Gasteiger partial charge is 0.217 e. The summed E-state index contributed by atoms with van der Waals surface area (Å²) in [5.74, 6) is -0.518. The molecule has 1 aliphatic carbocycles. The number of pyridine rings is 1. The molecular formula is C20H20ClFN2O.